The summed E-state index contributed by atoms with van der Waals surface area (Å²) >= 11 is 1.10. The molecule has 0 unspecified atom stereocenters. The fraction of sp³-hybridized carbons (Fsp3) is 0.136. The van der Waals surface area contributed by atoms with Crippen LogP contribution in [-0.4, -0.2) is 40.9 Å². The van der Waals surface area contributed by atoms with Gasteiger partial charge in [-0.1, -0.05) is 41.7 Å². The van der Waals surface area contributed by atoms with Crippen LogP contribution in [0.1, 0.15) is 21.0 Å². The van der Waals surface area contributed by atoms with Crippen LogP contribution in [0.25, 0.3) is 21.2 Å². The van der Waals surface area contributed by atoms with Crippen LogP contribution in [-0.2, 0) is 11.8 Å². The number of amides is 1. The van der Waals surface area contributed by atoms with Crippen LogP contribution in [0.4, 0.5) is 5.13 Å². The molecule has 4 aromatic rings. The smallest absolute Gasteiger partial charge is 0.358 e. The van der Waals surface area contributed by atoms with Crippen LogP contribution in [0.15, 0.2) is 53.3 Å². The van der Waals surface area contributed by atoms with E-state index in [1.807, 2.05) is 0 Å². The van der Waals surface area contributed by atoms with Crippen LogP contribution in [0.3, 0.4) is 0 Å². The van der Waals surface area contributed by atoms with E-state index in [4.69, 9.17) is 9.47 Å². The highest BCUT2D eigenvalue weighted by molar-refractivity contribution is 7.19. The maximum atomic E-state index is 13.0. The Kier molecular flexibility index (Phi) is 5.69. The summed E-state index contributed by atoms with van der Waals surface area (Å²) in [6.07, 6.45) is 0. The van der Waals surface area contributed by atoms with Crippen molar-refractivity contribution in [3.8, 4) is 16.2 Å². The van der Waals surface area contributed by atoms with E-state index in [9.17, 15) is 14.4 Å². The zero-order chi connectivity index (χ0) is 22.8. The second-order valence-electron chi connectivity index (χ2n) is 6.67. The molecule has 0 fully saturated rings. The number of nitrogens with zero attached hydrogens (tertiary/aromatic N) is 3. The van der Waals surface area contributed by atoms with Gasteiger partial charge in [-0.3, -0.25) is 14.9 Å². The van der Waals surface area contributed by atoms with Crippen molar-refractivity contribution in [2.75, 3.05) is 19.5 Å². The van der Waals surface area contributed by atoms with Gasteiger partial charge >= 0.3 is 5.97 Å². The van der Waals surface area contributed by atoms with Gasteiger partial charge in [0.25, 0.3) is 11.5 Å². The minimum atomic E-state index is -0.645. The molecule has 32 heavy (non-hydrogen) atoms. The van der Waals surface area contributed by atoms with Crippen molar-refractivity contribution >= 4 is 39.1 Å². The minimum absolute atomic E-state index is 0.0515. The average molecular weight is 450 g/mol. The number of benzene rings is 2. The summed E-state index contributed by atoms with van der Waals surface area (Å²) in [7, 11) is 4.26. The average Bonchev–Trinajstić information content (AvgIpc) is 3.24. The molecule has 2 aromatic heterocycles. The number of carbonyl (C=O) groups is 2. The van der Waals surface area contributed by atoms with Gasteiger partial charge in [0.15, 0.2) is 16.5 Å². The fourth-order valence-electron chi connectivity index (χ4n) is 3.25. The van der Waals surface area contributed by atoms with Crippen LogP contribution in [0, 0.1) is 0 Å². The van der Waals surface area contributed by atoms with Gasteiger partial charge in [-0.15, -0.1) is 0 Å². The highest BCUT2D eigenvalue weighted by Gasteiger charge is 2.24. The van der Waals surface area contributed by atoms with E-state index in [1.165, 1.54) is 21.3 Å². The van der Waals surface area contributed by atoms with Crippen molar-refractivity contribution in [1.29, 1.82) is 0 Å². The molecule has 0 aliphatic heterocycles. The highest BCUT2D eigenvalue weighted by atomic mass is 32.1. The first-order valence-corrected chi connectivity index (χ1v) is 10.3. The molecule has 0 spiro atoms. The summed E-state index contributed by atoms with van der Waals surface area (Å²) in [5.41, 5.74) is 0.448. The molecule has 0 radical (unpaired) electrons. The lowest BCUT2D eigenvalue weighted by atomic mass is 10.1. The molecule has 0 atom stereocenters. The standard InChI is InChI=1S/C22H18N4O5S/c1-26-20(28)13-9-5-4-8-12(13)16(25-26)19(27)24-22-23-17(21(29)31-3)18(32-22)14-10-6-7-11-15(14)30-2/h4-11H,1-3H3,(H,23,24,27). The number of fused-ring (bicyclic) bond motifs is 1. The van der Waals surface area contributed by atoms with Gasteiger partial charge in [0.05, 0.1) is 24.5 Å². The van der Waals surface area contributed by atoms with Gasteiger partial charge < -0.3 is 9.47 Å². The normalized spacial score (nSPS) is 10.7. The van der Waals surface area contributed by atoms with Gasteiger partial charge in [0.2, 0.25) is 0 Å². The number of carbonyl (C=O) groups excluding carboxylic acids is 2. The van der Waals surface area contributed by atoms with E-state index in [0.29, 0.717) is 27.0 Å². The fourth-order valence-corrected chi connectivity index (χ4v) is 4.23. The molecule has 0 aliphatic rings. The van der Waals surface area contributed by atoms with Crippen LogP contribution in [0.5, 0.6) is 5.75 Å². The lowest BCUT2D eigenvalue weighted by Gasteiger charge is -2.07. The number of hydrogen-bond acceptors (Lipinski definition) is 8. The second kappa shape index (κ2) is 8.60. The topological polar surface area (TPSA) is 112 Å². The number of hydrogen-bond donors (Lipinski definition) is 1. The highest BCUT2D eigenvalue weighted by Crippen LogP contribution is 2.38. The monoisotopic (exact) mass is 450 g/mol. The predicted octanol–water partition coefficient (Wildman–Crippen LogP) is 3.10. The molecule has 162 valence electrons. The zero-order valence-corrected chi connectivity index (χ0v) is 18.2. The Balaban J connectivity index is 1.78. The second-order valence-corrected chi connectivity index (χ2v) is 7.66. The van der Waals surface area contributed by atoms with Crippen molar-refractivity contribution in [3.05, 3.63) is 70.3 Å². The van der Waals surface area contributed by atoms with E-state index in [1.54, 1.807) is 48.5 Å². The maximum absolute atomic E-state index is 13.0. The number of methoxy groups -OCH3 is 2. The number of rotatable bonds is 5. The third kappa shape index (κ3) is 3.71. The zero-order valence-electron chi connectivity index (χ0n) is 17.4. The molecule has 2 heterocycles. The number of esters is 1. The molecule has 0 bridgehead atoms. The van der Waals surface area contributed by atoms with Gasteiger partial charge in [-0.25, -0.2) is 14.5 Å². The molecular weight excluding hydrogens is 432 g/mol. The summed E-state index contributed by atoms with van der Waals surface area (Å²) < 4.78 is 11.4. The Morgan fingerprint density at radius 1 is 1.00 bits per heavy atom. The molecule has 0 saturated carbocycles. The number of thiazole rings is 1. The Hall–Kier alpha value is -4.05. The molecule has 1 amide bonds. The van der Waals surface area contributed by atoms with Crippen molar-refractivity contribution in [3.63, 3.8) is 0 Å². The Morgan fingerprint density at radius 3 is 2.41 bits per heavy atom. The summed E-state index contributed by atoms with van der Waals surface area (Å²) in [4.78, 5) is 42.5. The number of aromatic nitrogens is 3. The quantitative estimate of drug-likeness (QED) is 0.465. The number of ether oxygens (including phenoxy) is 2. The van der Waals surface area contributed by atoms with Gasteiger partial charge in [-0.2, -0.15) is 5.10 Å². The van der Waals surface area contributed by atoms with E-state index in [-0.39, 0.29) is 22.1 Å². The summed E-state index contributed by atoms with van der Waals surface area (Å²) in [6, 6.07) is 13.9. The number of nitrogens with one attached hydrogen (secondary N) is 1. The lowest BCUT2D eigenvalue weighted by molar-refractivity contribution is 0.0595. The van der Waals surface area contributed by atoms with E-state index < -0.39 is 11.9 Å². The first-order valence-electron chi connectivity index (χ1n) is 9.44. The third-order valence-electron chi connectivity index (χ3n) is 4.75. The molecule has 9 nitrogen and oxygen atoms in total. The molecule has 0 aliphatic carbocycles. The molecule has 1 N–H and O–H groups in total. The van der Waals surface area contributed by atoms with Gasteiger partial charge in [0, 0.05) is 18.0 Å². The maximum Gasteiger partial charge on any atom is 0.358 e. The lowest BCUT2D eigenvalue weighted by Crippen LogP contribution is -2.25. The molecular formula is C22H18N4O5S. The number of anilines is 1. The summed E-state index contributed by atoms with van der Waals surface area (Å²) in [6.45, 7) is 0. The molecule has 0 saturated heterocycles. The molecule has 4 rings (SSSR count). The Labute approximate surface area is 186 Å². The predicted molar refractivity (Wildman–Crippen MR) is 120 cm³/mol. The van der Waals surface area contributed by atoms with Gasteiger partial charge in [0.1, 0.15) is 5.75 Å². The SMILES string of the molecule is COC(=O)c1nc(NC(=O)c2nn(C)c(=O)c3ccccc23)sc1-c1ccccc1OC. The van der Waals surface area contributed by atoms with Crippen molar-refractivity contribution in [2.24, 2.45) is 7.05 Å². The van der Waals surface area contributed by atoms with E-state index in [2.05, 4.69) is 15.4 Å². The Morgan fingerprint density at radius 2 is 1.69 bits per heavy atom. The first kappa shape index (κ1) is 21.2. The van der Waals surface area contributed by atoms with Crippen molar-refractivity contribution in [1.82, 2.24) is 14.8 Å². The number of aryl methyl sites for hydroxylation is 1. The van der Waals surface area contributed by atoms with E-state index >= 15 is 0 Å². The first-order chi connectivity index (χ1) is 15.4. The van der Waals surface area contributed by atoms with Crippen molar-refractivity contribution < 1.29 is 19.1 Å². The summed E-state index contributed by atoms with van der Waals surface area (Å²) in [5, 5.41) is 7.78. The van der Waals surface area contributed by atoms with Crippen LogP contribution >= 0.6 is 11.3 Å². The van der Waals surface area contributed by atoms with Crippen LogP contribution < -0.4 is 15.6 Å². The Bertz CT molecular complexity index is 1410. The van der Waals surface area contributed by atoms with Crippen LogP contribution in [0.2, 0.25) is 0 Å². The van der Waals surface area contributed by atoms with Crippen molar-refractivity contribution in [2.45, 2.75) is 0 Å². The summed E-state index contributed by atoms with van der Waals surface area (Å²) in [5.74, 6) is -0.660. The van der Waals surface area contributed by atoms with Gasteiger partial charge in [-0.05, 0) is 18.2 Å². The largest absolute Gasteiger partial charge is 0.496 e. The third-order valence-corrected chi connectivity index (χ3v) is 5.75. The molecule has 2 aromatic carbocycles. The molecule has 10 heteroatoms. The minimum Gasteiger partial charge on any atom is -0.496 e. The van der Waals surface area contributed by atoms with E-state index in [0.717, 1.165) is 16.0 Å². The number of para-hydroxylation sites is 1.